The van der Waals surface area contributed by atoms with Crippen LogP contribution in [0.1, 0.15) is 49.7 Å². The van der Waals surface area contributed by atoms with Gasteiger partial charge in [-0.25, -0.2) is 28.3 Å². The highest BCUT2D eigenvalue weighted by Crippen LogP contribution is 2.47. The Morgan fingerprint density at radius 1 is 0.886 bits per heavy atom. The average Bonchev–Trinajstić information content (AvgIpc) is 3.25. The van der Waals surface area contributed by atoms with Crippen LogP contribution in [0.4, 0.5) is 4.79 Å². The molecular formula is C31H31N5O8. The molecule has 0 spiro atoms. The Bertz CT molecular complexity index is 1870. The van der Waals surface area contributed by atoms with E-state index >= 15 is 0 Å². The molecule has 2 amide bonds. The molecule has 1 aromatic heterocycles. The molecule has 0 saturated carbocycles. The molecule has 1 fully saturated rings. The summed E-state index contributed by atoms with van der Waals surface area (Å²) >= 11 is 0. The van der Waals surface area contributed by atoms with Crippen LogP contribution in [-0.2, 0) is 16.1 Å². The van der Waals surface area contributed by atoms with Crippen molar-refractivity contribution < 1.29 is 28.7 Å². The zero-order valence-corrected chi connectivity index (χ0v) is 24.7. The van der Waals surface area contributed by atoms with E-state index < -0.39 is 40.8 Å². The summed E-state index contributed by atoms with van der Waals surface area (Å²) in [7, 11) is 0. The van der Waals surface area contributed by atoms with Gasteiger partial charge in [0.25, 0.3) is 5.91 Å². The number of allylic oxidation sites excluding steroid dienone is 1. The number of hydrogen-bond donors (Lipinski definition) is 0. The van der Waals surface area contributed by atoms with Gasteiger partial charge < -0.3 is 19.3 Å². The van der Waals surface area contributed by atoms with E-state index in [-0.39, 0.29) is 44.3 Å². The highest BCUT2D eigenvalue weighted by atomic mass is 16.6. The number of amides is 2. The van der Waals surface area contributed by atoms with Gasteiger partial charge in [-0.1, -0.05) is 6.08 Å². The van der Waals surface area contributed by atoms with E-state index in [9.17, 15) is 28.8 Å². The second-order valence-corrected chi connectivity index (χ2v) is 11.5. The highest BCUT2D eigenvalue weighted by Gasteiger charge is 2.44. The smallest absolute Gasteiger partial charge is 0.415 e. The van der Waals surface area contributed by atoms with Crippen LogP contribution in [0.2, 0.25) is 0 Å². The van der Waals surface area contributed by atoms with Crippen LogP contribution in [0.25, 0.3) is 5.69 Å². The van der Waals surface area contributed by atoms with Gasteiger partial charge >= 0.3 is 17.5 Å². The zero-order valence-electron chi connectivity index (χ0n) is 24.7. The van der Waals surface area contributed by atoms with Gasteiger partial charge in [-0.15, -0.1) is 0 Å². The van der Waals surface area contributed by atoms with Crippen molar-refractivity contribution in [3.63, 3.8) is 0 Å². The summed E-state index contributed by atoms with van der Waals surface area (Å²) < 4.78 is 15.9. The van der Waals surface area contributed by atoms with E-state index in [1.165, 1.54) is 33.0 Å². The van der Waals surface area contributed by atoms with Crippen LogP contribution in [0.5, 0.6) is 11.5 Å². The van der Waals surface area contributed by atoms with Crippen molar-refractivity contribution in [1.29, 1.82) is 0 Å². The summed E-state index contributed by atoms with van der Waals surface area (Å²) in [6, 6.07) is 10.5. The molecule has 3 aromatic rings. The zero-order chi connectivity index (χ0) is 31.5. The lowest BCUT2D eigenvalue weighted by atomic mass is 9.83. The van der Waals surface area contributed by atoms with Crippen LogP contribution in [0, 0.1) is 0 Å². The Morgan fingerprint density at radius 2 is 1.55 bits per heavy atom. The molecular weight excluding hydrogens is 570 g/mol. The number of nitrogens with zero attached hydrogens (tertiary/aromatic N) is 5. The van der Waals surface area contributed by atoms with Gasteiger partial charge in [0.05, 0.1) is 12.2 Å². The van der Waals surface area contributed by atoms with Crippen LogP contribution in [-0.4, -0.2) is 79.1 Å². The number of ether oxygens (including phenoxy) is 2. The van der Waals surface area contributed by atoms with Gasteiger partial charge in [-0.05, 0) is 62.7 Å². The molecule has 2 aromatic carbocycles. The predicted octanol–water partition coefficient (Wildman–Crippen LogP) is 1.94. The summed E-state index contributed by atoms with van der Waals surface area (Å²) in [6.07, 6.45) is 1.29. The molecule has 4 heterocycles. The number of fused-ring (bicyclic) bond motifs is 5. The molecule has 13 heteroatoms. The van der Waals surface area contributed by atoms with Crippen molar-refractivity contribution in [2.45, 2.75) is 45.9 Å². The largest absolute Gasteiger partial charge is 0.483 e. The number of hydrogen-bond acceptors (Lipinski definition) is 8. The maximum Gasteiger partial charge on any atom is 0.415 e. The number of Topliss-reactive ketones (excluding diaryl/α,β-unsaturated/α-hetero) is 2. The minimum Gasteiger partial charge on any atom is -0.483 e. The number of carbonyl (C=O) groups is 4. The lowest BCUT2D eigenvalue weighted by Gasteiger charge is -2.42. The predicted molar refractivity (Wildman–Crippen MR) is 157 cm³/mol. The summed E-state index contributed by atoms with van der Waals surface area (Å²) in [6.45, 7) is 7.45. The fourth-order valence-electron chi connectivity index (χ4n) is 5.99. The first kappa shape index (κ1) is 28.9. The SMILES string of the molecule is CC(=O)C(=O)N1CCN(C(=O)Oc2ccc3c(c2)OC(C)(C)C2=CCn4c(=O)n(-c5ccc(C(C)=O)cc5)c(=O)n4C23)CC1. The minimum absolute atomic E-state index is 0.125. The fraction of sp³-hybridized carbons (Fsp3) is 0.355. The van der Waals surface area contributed by atoms with Gasteiger partial charge in [0.2, 0.25) is 5.78 Å². The summed E-state index contributed by atoms with van der Waals surface area (Å²) in [5, 5.41) is 0. The Kier molecular flexibility index (Phi) is 6.90. The van der Waals surface area contributed by atoms with E-state index in [0.29, 0.717) is 22.6 Å². The summed E-state index contributed by atoms with van der Waals surface area (Å²) in [5.41, 5.74) is 0.333. The van der Waals surface area contributed by atoms with Gasteiger partial charge in [0.15, 0.2) is 5.78 Å². The lowest BCUT2D eigenvalue weighted by molar-refractivity contribution is -0.144. The first-order valence-electron chi connectivity index (χ1n) is 14.2. The molecule has 1 atom stereocenters. The van der Waals surface area contributed by atoms with Crippen molar-refractivity contribution in [3.8, 4) is 17.2 Å². The number of ketones is 2. The molecule has 3 aliphatic rings. The number of piperazine rings is 1. The monoisotopic (exact) mass is 601 g/mol. The first-order chi connectivity index (χ1) is 20.9. The lowest BCUT2D eigenvalue weighted by Crippen LogP contribution is -2.52. The molecule has 1 saturated heterocycles. The van der Waals surface area contributed by atoms with Crippen molar-refractivity contribution in [2.24, 2.45) is 0 Å². The maximum absolute atomic E-state index is 13.9. The Balaban J connectivity index is 1.30. The van der Waals surface area contributed by atoms with Crippen molar-refractivity contribution in [1.82, 2.24) is 23.7 Å². The number of carbonyl (C=O) groups excluding carboxylic acids is 4. The fourth-order valence-corrected chi connectivity index (χ4v) is 5.99. The number of benzene rings is 2. The minimum atomic E-state index is -0.855. The van der Waals surface area contributed by atoms with Gasteiger partial charge in [-0.2, -0.15) is 0 Å². The molecule has 6 rings (SSSR count). The Morgan fingerprint density at radius 3 is 2.18 bits per heavy atom. The molecule has 228 valence electrons. The van der Waals surface area contributed by atoms with E-state index in [1.807, 2.05) is 19.9 Å². The van der Waals surface area contributed by atoms with Crippen LogP contribution < -0.4 is 20.9 Å². The quantitative estimate of drug-likeness (QED) is 0.251. The Labute approximate surface area is 251 Å². The van der Waals surface area contributed by atoms with Gasteiger partial charge in [0.1, 0.15) is 23.1 Å². The third kappa shape index (κ3) is 4.74. The van der Waals surface area contributed by atoms with Crippen LogP contribution >= 0.6 is 0 Å². The van der Waals surface area contributed by atoms with E-state index in [0.717, 1.165) is 10.1 Å². The van der Waals surface area contributed by atoms with E-state index in [1.54, 1.807) is 42.5 Å². The highest BCUT2D eigenvalue weighted by molar-refractivity contribution is 6.35. The molecule has 0 bridgehead atoms. The molecule has 0 aliphatic carbocycles. The van der Waals surface area contributed by atoms with Gasteiger partial charge in [0, 0.05) is 50.3 Å². The van der Waals surface area contributed by atoms with Crippen molar-refractivity contribution in [2.75, 3.05) is 26.2 Å². The number of rotatable bonds is 4. The molecule has 0 radical (unpaired) electrons. The van der Waals surface area contributed by atoms with Gasteiger partial charge in [-0.3, -0.25) is 14.4 Å². The van der Waals surface area contributed by atoms with E-state index in [4.69, 9.17) is 9.47 Å². The normalized spacial score (nSPS) is 18.3. The summed E-state index contributed by atoms with van der Waals surface area (Å²) in [4.78, 5) is 78.2. The third-order valence-electron chi connectivity index (χ3n) is 8.29. The molecule has 0 N–H and O–H groups in total. The second kappa shape index (κ2) is 10.5. The number of aromatic nitrogens is 3. The second-order valence-electron chi connectivity index (χ2n) is 11.5. The topological polar surface area (TPSA) is 142 Å². The van der Waals surface area contributed by atoms with Crippen molar-refractivity contribution in [3.05, 3.63) is 86.2 Å². The molecule has 44 heavy (non-hydrogen) atoms. The Hall–Kier alpha value is -5.20. The van der Waals surface area contributed by atoms with Crippen LogP contribution in [0.3, 0.4) is 0 Å². The molecule has 3 aliphatic heterocycles. The maximum atomic E-state index is 13.9. The summed E-state index contributed by atoms with van der Waals surface area (Å²) in [5.74, 6) is -0.628. The average molecular weight is 602 g/mol. The molecule has 1 unspecified atom stereocenters. The van der Waals surface area contributed by atoms with E-state index in [2.05, 4.69) is 0 Å². The first-order valence-corrected chi connectivity index (χ1v) is 14.2. The van der Waals surface area contributed by atoms with Crippen molar-refractivity contribution >= 4 is 23.6 Å². The standard InChI is InChI=1S/C31H31N5O8/c1-18(37)20-5-7-21(8-6-20)35-28(40)34-12-11-24-26(36(34)29(35)41)23-10-9-22(17-25(23)44-31(24,3)4)43-30(42)33-15-13-32(14-16-33)27(39)19(2)38/h5-11,17,26H,12-16H2,1-4H3. The molecule has 13 nitrogen and oxygen atoms in total. The van der Waals surface area contributed by atoms with Crippen LogP contribution in [0.15, 0.2) is 63.7 Å². The third-order valence-corrected chi connectivity index (χ3v) is 8.29.